The van der Waals surface area contributed by atoms with Gasteiger partial charge in [-0.05, 0) is 54.1 Å². The second-order valence-corrected chi connectivity index (χ2v) is 9.01. The van der Waals surface area contributed by atoms with E-state index < -0.39 is 23.0 Å². The Balaban J connectivity index is 1.64. The highest BCUT2D eigenvalue weighted by Gasteiger charge is 2.20. The van der Waals surface area contributed by atoms with Crippen LogP contribution in [0.1, 0.15) is 5.56 Å². The number of nitrogens with one attached hydrogen (secondary N) is 1. The number of pyridine rings is 1. The number of halogens is 2. The first-order chi connectivity index (χ1) is 16.4. The molecule has 0 spiro atoms. The Morgan fingerprint density at radius 2 is 1.76 bits per heavy atom. The first-order valence-electron chi connectivity index (χ1n) is 10.2. The van der Waals surface area contributed by atoms with E-state index in [1.807, 2.05) is 0 Å². The van der Waals surface area contributed by atoms with Crippen molar-refractivity contribution in [3.05, 3.63) is 104 Å². The molecule has 2 aromatic carbocycles. The zero-order valence-electron chi connectivity index (χ0n) is 17.5. The molecule has 0 saturated carbocycles. The summed E-state index contributed by atoms with van der Waals surface area (Å²) in [4.78, 5) is 44.5. The molecule has 0 aliphatic heterocycles. The molecule has 1 N–H and O–H groups in total. The molecule has 0 radical (unpaired) electrons. The average Bonchev–Trinajstić information content (AvgIpc) is 3.22. The summed E-state index contributed by atoms with van der Waals surface area (Å²) in [6, 6.07) is 15.6. The number of carbonyl (C=O) groups excluding carboxylic acids is 1. The number of amides is 1. The zero-order chi connectivity index (χ0) is 23.8. The van der Waals surface area contributed by atoms with Gasteiger partial charge in [-0.2, -0.15) is 0 Å². The SMILES string of the molecule is O=C(Cn1c(=O)n(Cc2ccc(F)cc2)c(=O)c2sc3ncccc3c21)Nc1ccc(Cl)cc1. The Morgan fingerprint density at radius 1 is 1.03 bits per heavy atom. The highest BCUT2D eigenvalue weighted by molar-refractivity contribution is 7.25. The minimum atomic E-state index is -0.642. The van der Waals surface area contributed by atoms with Crippen LogP contribution in [-0.2, 0) is 17.9 Å². The summed E-state index contributed by atoms with van der Waals surface area (Å²) in [5, 5.41) is 3.89. The van der Waals surface area contributed by atoms with Gasteiger partial charge in [0.1, 0.15) is 21.9 Å². The van der Waals surface area contributed by atoms with Crippen LogP contribution in [0, 0.1) is 5.82 Å². The third kappa shape index (κ3) is 4.11. The summed E-state index contributed by atoms with van der Waals surface area (Å²) in [5.74, 6) is -0.862. The summed E-state index contributed by atoms with van der Waals surface area (Å²) in [6.07, 6.45) is 1.60. The van der Waals surface area contributed by atoms with E-state index in [0.717, 1.165) is 15.9 Å². The first kappa shape index (κ1) is 22.0. The molecule has 1 amide bonds. The predicted octanol–water partition coefficient (Wildman–Crippen LogP) is 4.25. The average molecular weight is 495 g/mol. The number of benzene rings is 2. The molecule has 7 nitrogen and oxygen atoms in total. The fraction of sp³-hybridized carbons (Fsp3) is 0.0833. The Bertz CT molecular complexity index is 1660. The number of rotatable bonds is 5. The van der Waals surface area contributed by atoms with Crippen LogP contribution >= 0.6 is 22.9 Å². The molecule has 0 aliphatic carbocycles. The van der Waals surface area contributed by atoms with Crippen molar-refractivity contribution in [2.45, 2.75) is 13.1 Å². The van der Waals surface area contributed by atoms with Gasteiger partial charge in [-0.15, -0.1) is 11.3 Å². The molecule has 5 aromatic rings. The monoisotopic (exact) mass is 494 g/mol. The van der Waals surface area contributed by atoms with Gasteiger partial charge in [-0.3, -0.25) is 18.7 Å². The lowest BCUT2D eigenvalue weighted by Crippen LogP contribution is -2.41. The highest BCUT2D eigenvalue weighted by Crippen LogP contribution is 2.29. The van der Waals surface area contributed by atoms with Crippen molar-refractivity contribution < 1.29 is 9.18 Å². The van der Waals surface area contributed by atoms with Gasteiger partial charge < -0.3 is 5.32 Å². The predicted molar refractivity (Wildman–Crippen MR) is 131 cm³/mol. The summed E-state index contributed by atoms with van der Waals surface area (Å²) in [5.41, 5.74) is 0.342. The smallest absolute Gasteiger partial charge is 0.325 e. The van der Waals surface area contributed by atoms with Crippen molar-refractivity contribution in [2.24, 2.45) is 0 Å². The normalized spacial score (nSPS) is 11.2. The Labute approximate surface area is 200 Å². The molecule has 170 valence electrons. The molecular formula is C24H16ClFN4O3S. The van der Waals surface area contributed by atoms with Crippen molar-refractivity contribution in [2.75, 3.05) is 5.32 Å². The quantitative estimate of drug-likeness (QED) is 0.396. The molecule has 3 aromatic heterocycles. The lowest BCUT2D eigenvalue weighted by atomic mass is 10.2. The molecule has 34 heavy (non-hydrogen) atoms. The number of carbonyl (C=O) groups is 1. The van der Waals surface area contributed by atoms with Crippen LogP contribution in [-0.4, -0.2) is 20.0 Å². The molecule has 0 saturated heterocycles. The molecule has 10 heteroatoms. The van der Waals surface area contributed by atoms with Gasteiger partial charge in [0.15, 0.2) is 0 Å². The Kier molecular flexibility index (Phi) is 5.72. The van der Waals surface area contributed by atoms with Crippen molar-refractivity contribution in [3.63, 3.8) is 0 Å². The fourth-order valence-corrected chi connectivity index (χ4v) is 4.94. The molecule has 0 fully saturated rings. The van der Waals surface area contributed by atoms with Crippen molar-refractivity contribution >= 4 is 55.0 Å². The maximum Gasteiger partial charge on any atom is 0.332 e. The van der Waals surface area contributed by atoms with Gasteiger partial charge in [-0.1, -0.05) is 23.7 Å². The zero-order valence-corrected chi connectivity index (χ0v) is 19.1. The van der Waals surface area contributed by atoms with Crippen LogP contribution in [0.15, 0.2) is 76.4 Å². The van der Waals surface area contributed by atoms with E-state index in [-0.39, 0.29) is 13.1 Å². The number of anilines is 1. The minimum Gasteiger partial charge on any atom is -0.325 e. The maximum absolute atomic E-state index is 13.5. The molecule has 0 bridgehead atoms. The van der Waals surface area contributed by atoms with E-state index >= 15 is 0 Å². The largest absolute Gasteiger partial charge is 0.332 e. The van der Waals surface area contributed by atoms with E-state index in [1.165, 1.54) is 28.8 Å². The number of thiophene rings is 1. The molecular weight excluding hydrogens is 479 g/mol. The van der Waals surface area contributed by atoms with Gasteiger partial charge in [-0.25, -0.2) is 14.2 Å². The van der Waals surface area contributed by atoms with Gasteiger partial charge in [0, 0.05) is 22.3 Å². The maximum atomic E-state index is 13.5. The summed E-state index contributed by atoms with van der Waals surface area (Å²) < 4.78 is 16.0. The van der Waals surface area contributed by atoms with Crippen LogP contribution in [0.25, 0.3) is 20.4 Å². The third-order valence-electron chi connectivity index (χ3n) is 5.29. The van der Waals surface area contributed by atoms with Gasteiger partial charge in [0.05, 0.1) is 12.1 Å². The van der Waals surface area contributed by atoms with E-state index in [2.05, 4.69) is 10.3 Å². The van der Waals surface area contributed by atoms with E-state index in [0.29, 0.717) is 36.7 Å². The Hall–Kier alpha value is -3.82. The first-order valence-corrected chi connectivity index (χ1v) is 11.4. The van der Waals surface area contributed by atoms with Crippen molar-refractivity contribution in [1.82, 2.24) is 14.1 Å². The summed E-state index contributed by atoms with van der Waals surface area (Å²) >= 11 is 7.06. The van der Waals surface area contributed by atoms with E-state index in [9.17, 15) is 18.8 Å². The minimum absolute atomic E-state index is 0.0611. The fourth-order valence-electron chi connectivity index (χ4n) is 3.72. The van der Waals surface area contributed by atoms with Crippen LogP contribution < -0.4 is 16.6 Å². The molecule has 0 atom stereocenters. The second kappa shape index (κ2) is 8.85. The van der Waals surface area contributed by atoms with Gasteiger partial charge in [0.2, 0.25) is 5.91 Å². The standard InChI is InChI=1S/C24H16ClFN4O3S/c25-15-5-9-17(10-6-15)28-19(31)13-29-20-18-2-1-11-27-22(18)34-21(20)23(32)30(24(29)33)12-14-3-7-16(26)8-4-14/h1-11H,12-13H2,(H,28,31). The third-order valence-corrected chi connectivity index (χ3v) is 6.64. The van der Waals surface area contributed by atoms with E-state index in [4.69, 9.17) is 11.6 Å². The summed E-state index contributed by atoms with van der Waals surface area (Å²) in [6.45, 7) is -0.378. The van der Waals surface area contributed by atoms with Gasteiger partial charge in [0.25, 0.3) is 5.56 Å². The highest BCUT2D eigenvalue weighted by atomic mass is 35.5. The van der Waals surface area contributed by atoms with Crippen molar-refractivity contribution in [1.29, 1.82) is 0 Å². The lowest BCUT2D eigenvalue weighted by molar-refractivity contribution is -0.116. The van der Waals surface area contributed by atoms with E-state index in [1.54, 1.807) is 42.6 Å². The molecule has 5 rings (SSSR count). The van der Waals surface area contributed by atoms with Crippen LogP contribution in [0.2, 0.25) is 5.02 Å². The van der Waals surface area contributed by atoms with Crippen LogP contribution in [0.5, 0.6) is 0 Å². The molecule has 0 unspecified atom stereocenters. The van der Waals surface area contributed by atoms with Crippen molar-refractivity contribution in [3.8, 4) is 0 Å². The molecule has 0 aliphatic rings. The number of fused-ring (bicyclic) bond motifs is 3. The lowest BCUT2D eigenvalue weighted by Gasteiger charge is -2.13. The summed E-state index contributed by atoms with van der Waals surface area (Å²) in [7, 11) is 0. The Morgan fingerprint density at radius 3 is 2.50 bits per heavy atom. The van der Waals surface area contributed by atoms with Gasteiger partial charge >= 0.3 is 5.69 Å². The van der Waals surface area contributed by atoms with Crippen LogP contribution in [0.4, 0.5) is 10.1 Å². The van der Waals surface area contributed by atoms with Crippen LogP contribution in [0.3, 0.4) is 0 Å². The number of aromatic nitrogens is 3. The molecule has 3 heterocycles. The number of nitrogens with zero attached hydrogens (tertiary/aromatic N) is 3. The topological polar surface area (TPSA) is 86.0 Å². The number of hydrogen-bond donors (Lipinski definition) is 1. The number of hydrogen-bond acceptors (Lipinski definition) is 5. The second-order valence-electron chi connectivity index (χ2n) is 7.58.